The summed E-state index contributed by atoms with van der Waals surface area (Å²) in [5.74, 6) is 0.0426. The van der Waals surface area contributed by atoms with E-state index >= 15 is 0 Å². The molecule has 2 heterocycles. The second-order valence-electron chi connectivity index (χ2n) is 7.99. The number of hydrogen-bond acceptors (Lipinski definition) is 3. The van der Waals surface area contributed by atoms with Crippen LogP contribution in [0.3, 0.4) is 0 Å². The molecule has 0 unspecified atom stereocenters. The van der Waals surface area contributed by atoms with Crippen molar-refractivity contribution in [2.24, 2.45) is 5.92 Å². The lowest BCUT2D eigenvalue weighted by Gasteiger charge is -2.17. The third-order valence-corrected chi connectivity index (χ3v) is 5.75. The van der Waals surface area contributed by atoms with Crippen molar-refractivity contribution in [3.63, 3.8) is 0 Å². The smallest absolute Gasteiger partial charge is 0.146 e. The van der Waals surface area contributed by atoms with Gasteiger partial charge in [-0.15, -0.1) is 0 Å². The van der Waals surface area contributed by atoms with E-state index in [1.807, 2.05) is 10.6 Å². The molecule has 0 fully saturated rings. The van der Waals surface area contributed by atoms with Crippen LogP contribution in [0.15, 0.2) is 12.3 Å². The highest BCUT2D eigenvalue weighted by atomic mass is 28.3. The first-order valence-electron chi connectivity index (χ1n) is 8.57. The highest BCUT2D eigenvalue weighted by Gasteiger charge is 2.18. The lowest BCUT2D eigenvalue weighted by atomic mass is 10.0. The highest BCUT2D eigenvalue weighted by molar-refractivity contribution is 6.76. The van der Waals surface area contributed by atoms with Crippen molar-refractivity contribution in [1.29, 1.82) is 0 Å². The van der Waals surface area contributed by atoms with E-state index in [1.54, 1.807) is 0 Å². The lowest BCUT2D eigenvalue weighted by Crippen LogP contribution is -2.22. The molecule has 0 aromatic carbocycles. The Morgan fingerprint density at radius 3 is 2.62 bits per heavy atom. The van der Waals surface area contributed by atoms with E-state index in [1.165, 1.54) is 6.20 Å². The summed E-state index contributed by atoms with van der Waals surface area (Å²) in [5, 5.41) is 9.66. The number of halogens is 1. The lowest BCUT2D eigenvalue weighted by molar-refractivity contribution is 0.0852. The van der Waals surface area contributed by atoms with Crippen molar-refractivity contribution in [2.45, 2.75) is 59.3 Å². The Hall–Kier alpha value is -1.24. The third-order valence-electron chi connectivity index (χ3n) is 4.04. The van der Waals surface area contributed by atoms with Gasteiger partial charge in [-0.05, 0) is 24.4 Å². The molecule has 2 rings (SSSR count). The molecule has 1 N–H and O–H groups in total. The van der Waals surface area contributed by atoms with Gasteiger partial charge in [-0.2, -0.15) is 0 Å². The largest absolute Gasteiger partial charge is 0.390 e. The van der Waals surface area contributed by atoms with Crippen LogP contribution in [-0.4, -0.2) is 29.3 Å². The molecule has 6 heteroatoms. The molecule has 0 bridgehead atoms. The Morgan fingerprint density at radius 1 is 1.33 bits per heavy atom. The van der Waals surface area contributed by atoms with Gasteiger partial charge >= 0.3 is 0 Å². The van der Waals surface area contributed by atoms with Gasteiger partial charge in [0, 0.05) is 25.9 Å². The first kappa shape index (κ1) is 19.1. The zero-order chi connectivity index (χ0) is 17.9. The number of ether oxygens (including phenoxy) is 1. The predicted octanol–water partition coefficient (Wildman–Crippen LogP) is 4.18. The molecule has 0 aliphatic rings. The Morgan fingerprint density at radius 2 is 2.04 bits per heavy atom. The summed E-state index contributed by atoms with van der Waals surface area (Å²) < 4.78 is 22.1. The molecule has 0 aliphatic heterocycles. The van der Waals surface area contributed by atoms with Gasteiger partial charge < -0.3 is 14.4 Å². The normalized spacial score (nSPS) is 12.5. The molecule has 0 saturated carbocycles. The maximum Gasteiger partial charge on any atom is 0.146 e. The molecule has 0 aliphatic carbocycles. The van der Waals surface area contributed by atoms with Gasteiger partial charge in [0.1, 0.15) is 12.5 Å². The quantitative estimate of drug-likeness (QED) is 0.573. The molecule has 134 valence electrons. The Labute approximate surface area is 144 Å². The van der Waals surface area contributed by atoms with Crippen LogP contribution in [0.1, 0.15) is 25.1 Å². The zero-order valence-electron chi connectivity index (χ0n) is 15.4. The second-order valence-corrected chi connectivity index (χ2v) is 13.6. The average molecular weight is 353 g/mol. The monoisotopic (exact) mass is 352 g/mol. The molecular weight excluding hydrogens is 323 g/mol. The fourth-order valence-electron chi connectivity index (χ4n) is 2.73. The summed E-state index contributed by atoms with van der Waals surface area (Å²) in [5.41, 5.74) is 2.83. The number of aliphatic hydroxyl groups excluding tert-OH is 1. The number of hydrogen-bond donors (Lipinski definition) is 1. The first-order chi connectivity index (χ1) is 11.2. The van der Waals surface area contributed by atoms with Gasteiger partial charge in [-0.3, -0.25) is 4.98 Å². The number of aromatic nitrogens is 2. The molecule has 0 spiro atoms. The van der Waals surface area contributed by atoms with Crippen LogP contribution in [0, 0.1) is 11.7 Å². The van der Waals surface area contributed by atoms with Crippen molar-refractivity contribution >= 4 is 19.1 Å². The van der Waals surface area contributed by atoms with E-state index < -0.39 is 8.07 Å². The van der Waals surface area contributed by atoms with Crippen molar-refractivity contribution in [2.75, 3.05) is 6.61 Å². The summed E-state index contributed by atoms with van der Waals surface area (Å²) in [6, 6.07) is 2.90. The molecule has 0 radical (unpaired) electrons. The third kappa shape index (κ3) is 4.65. The molecule has 0 saturated heterocycles. The van der Waals surface area contributed by atoms with E-state index in [2.05, 4.69) is 38.5 Å². The van der Waals surface area contributed by atoms with E-state index in [0.29, 0.717) is 42.5 Å². The number of aliphatic hydroxyl groups is 1. The standard InChI is InChI=1S/C18H29FN2O2Si/c1-13(2)8-15-16(19)10-20-17-9-14(11-22)21(18(15)17)12-23-6-7-24(3,4)5/h9-10,13,22H,6-8,11-12H2,1-5H3. The molecule has 4 nitrogen and oxygen atoms in total. The van der Waals surface area contributed by atoms with E-state index in [0.717, 1.165) is 11.6 Å². The second kappa shape index (κ2) is 7.76. The number of rotatable bonds is 8. The Balaban J connectivity index is 2.34. The van der Waals surface area contributed by atoms with Crippen LogP contribution in [-0.2, 0) is 24.5 Å². The van der Waals surface area contributed by atoms with E-state index in [4.69, 9.17) is 4.74 Å². The minimum atomic E-state index is -1.15. The van der Waals surface area contributed by atoms with Crippen LogP contribution in [0.25, 0.3) is 11.0 Å². The van der Waals surface area contributed by atoms with Crippen molar-refractivity contribution in [3.8, 4) is 0 Å². The van der Waals surface area contributed by atoms with Gasteiger partial charge in [0.15, 0.2) is 0 Å². The van der Waals surface area contributed by atoms with E-state index in [9.17, 15) is 9.50 Å². The SMILES string of the molecule is CC(C)Cc1c(F)cnc2cc(CO)n(COCC[Si](C)(C)C)c12. The first-order valence-corrected chi connectivity index (χ1v) is 12.3. The summed E-state index contributed by atoms with van der Waals surface area (Å²) in [6.45, 7) is 11.9. The fourth-order valence-corrected chi connectivity index (χ4v) is 3.49. The summed E-state index contributed by atoms with van der Waals surface area (Å²) in [7, 11) is -1.15. The average Bonchev–Trinajstić information content (AvgIpc) is 2.83. The highest BCUT2D eigenvalue weighted by Crippen LogP contribution is 2.26. The van der Waals surface area contributed by atoms with Crippen molar-refractivity contribution in [3.05, 3.63) is 29.3 Å². The van der Waals surface area contributed by atoms with Gasteiger partial charge in [-0.25, -0.2) is 4.39 Å². The van der Waals surface area contributed by atoms with Crippen LogP contribution in [0.2, 0.25) is 25.7 Å². The molecule has 2 aromatic heterocycles. The Bertz CT molecular complexity index is 692. The number of nitrogens with zero attached hydrogens (tertiary/aromatic N) is 2. The van der Waals surface area contributed by atoms with Crippen LogP contribution in [0.5, 0.6) is 0 Å². The number of pyridine rings is 1. The van der Waals surface area contributed by atoms with Crippen LogP contribution in [0.4, 0.5) is 4.39 Å². The van der Waals surface area contributed by atoms with Gasteiger partial charge in [0.25, 0.3) is 0 Å². The van der Waals surface area contributed by atoms with Crippen molar-refractivity contribution < 1.29 is 14.2 Å². The van der Waals surface area contributed by atoms with Gasteiger partial charge in [-0.1, -0.05) is 33.5 Å². The number of fused-ring (bicyclic) bond motifs is 1. The van der Waals surface area contributed by atoms with Crippen molar-refractivity contribution in [1.82, 2.24) is 9.55 Å². The van der Waals surface area contributed by atoms with E-state index in [-0.39, 0.29) is 12.4 Å². The van der Waals surface area contributed by atoms with Crippen LogP contribution >= 0.6 is 0 Å². The minimum absolute atomic E-state index is 0.115. The summed E-state index contributed by atoms with van der Waals surface area (Å²) in [6.07, 6.45) is 1.91. The maximum absolute atomic E-state index is 14.3. The molecule has 0 atom stereocenters. The molecule has 2 aromatic rings. The molecule has 24 heavy (non-hydrogen) atoms. The Kier molecular flexibility index (Phi) is 6.17. The topological polar surface area (TPSA) is 47.3 Å². The summed E-state index contributed by atoms with van der Waals surface area (Å²) in [4.78, 5) is 4.19. The molecule has 0 amide bonds. The fraction of sp³-hybridized carbons (Fsp3) is 0.611. The van der Waals surface area contributed by atoms with Crippen LogP contribution < -0.4 is 0 Å². The maximum atomic E-state index is 14.3. The predicted molar refractivity (Wildman–Crippen MR) is 98.3 cm³/mol. The molecular formula is C18H29FN2O2Si. The zero-order valence-corrected chi connectivity index (χ0v) is 16.4. The van der Waals surface area contributed by atoms with Gasteiger partial charge in [0.2, 0.25) is 0 Å². The minimum Gasteiger partial charge on any atom is -0.390 e. The summed E-state index contributed by atoms with van der Waals surface area (Å²) >= 11 is 0. The van der Waals surface area contributed by atoms with Gasteiger partial charge in [0.05, 0.1) is 23.8 Å².